The Morgan fingerprint density at radius 3 is 2.33 bits per heavy atom. The number of hydrogen-bond acceptors (Lipinski definition) is 2. The van der Waals surface area contributed by atoms with Crippen molar-refractivity contribution in [2.45, 2.75) is 70.4 Å². The van der Waals surface area contributed by atoms with Crippen LogP contribution >= 0.6 is 0 Å². The van der Waals surface area contributed by atoms with Gasteiger partial charge in [0.15, 0.2) is 0 Å². The van der Waals surface area contributed by atoms with Gasteiger partial charge in [0.25, 0.3) is 0 Å². The molecule has 1 aliphatic rings. The van der Waals surface area contributed by atoms with E-state index < -0.39 is 0 Å². The van der Waals surface area contributed by atoms with Crippen LogP contribution in [0.15, 0.2) is 0 Å². The molecule has 0 bridgehead atoms. The van der Waals surface area contributed by atoms with E-state index in [1.165, 1.54) is 25.7 Å². The second-order valence-corrected chi connectivity index (χ2v) is 5.19. The van der Waals surface area contributed by atoms with Crippen molar-refractivity contribution in [1.29, 1.82) is 0 Å². The van der Waals surface area contributed by atoms with Crippen molar-refractivity contribution in [1.82, 2.24) is 0 Å². The Morgan fingerprint density at radius 2 is 1.87 bits per heavy atom. The molecule has 0 spiro atoms. The fraction of sp³-hybridized carbons (Fsp3) is 1.00. The van der Waals surface area contributed by atoms with Crippen molar-refractivity contribution < 1.29 is 4.74 Å². The normalized spacial score (nSPS) is 24.8. The highest BCUT2D eigenvalue weighted by Gasteiger charge is 2.38. The van der Waals surface area contributed by atoms with Crippen molar-refractivity contribution in [2.75, 3.05) is 7.11 Å². The summed E-state index contributed by atoms with van der Waals surface area (Å²) in [6, 6.07) is 0.220. The Morgan fingerprint density at radius 1 is 1.27 bits per heavy atom. The molecule has 1 fully saturated rings. The minimum absolute atomic E-state index is 0.0122. The fourth-order valence-corrected chi connectivity index (χ4v) is 2.69. The van der Waals surface area contributed by atoms with Gasteiger partial charge in [0, 0.05) is 13.2 Å². The predicted octanol–water partition coefficient (Wildman–Crippen LogP) is 3.10. The summed E-state index contributed by atoms with van der Waals surface area (Å²) in [7, 11) is 1.84. The number of hydrogen-bond donors (Lipinski definition) is 1. The van der Waals surface area contributed by atoms with Crippen molar-refractivity contribution in [3.63, 3.8) is 0 Å². The quantitative estimate of drug-likeness (QED) is 0.761. The first-order valence-electron chi connectivity index (χ1n) is 6.45. The zero-order valence-electron chi connectivity index (χ0n) is 10.6. The van der Waals surface area contributed by atoms with Gasteiger partial charge in [-0.05, 0) is 25.2 Å². The number of methoxy groups -OCH3 is 1. The van der Waals surface area contributed by atoms with Gasteiger partial charge >= 0.3 is 0 Å². The molecule has 0 aromatic carbocycles. The third-order valence-electron chi connectivity index (χ3n) is 4.14. The Labute approximate surface area is 94.6 Å². The minimum atomic E-state index is -0.0122. The fourth-order valence-electron chi connectivity index (χ4n) is 2.69. The van der Waals surface area contributed by atoms with E-state index in [2.05, 4.69) is 13.8 Å². The first-order chi connectivity index (χ1) is 7.14. The largest absolute Gasteiger partial charge is 0.377 e. The van der Waals surface area contributed by atoms with E-state index >= 15 is 0 Å². The zero-order valence-corrected chi connectivity index (χ0v) is 10.6. The lowest BCUT2D eigenvalue weighted by Gasteiger charge is -2.41. The summed E-state index contributed by atoms with van der Waals surface area (Å²) in [5, 5.41) is 0. The molecular formula is C13H27NO. The van der Waals surface area contributed by atoms with Gasteiger partial charge in [-0.15, -0.1) is 0 Å². The van der Waals surface area contributed by atoms with Gasteiger partial charge in [-0.3, -0.25) is 0 Å². The molecule has 2 nitrogen and oxygen atoms in total. The van der Waals surface area contributed by atoms with Crippen molar-refractivity contribution in [2.24, 2.45) is 11.7 Å². The molecule has 0 amide bonds. The van der Waals surface area contributed by atoms with Crippen LogP contribution in [0.1, 0.15) is 58.8 Å². The Balaban J connectivity index is 2.55. The van der Waals surface area contributed by atoms with Crippen LogP contribution in [-0.2, 0) is 4.74 Å². The van der Waals surface area contributed by atoms with Crippen LogP contribution in [0.4, 0.5) is 0 Å². The molecule has 2 heteroatoms. The average Bonchev–Trinajstić information content (AvgIpc) is 2.29. The predicted molar refractivity (Wildman–Crippen MR) is 64.9 cm³/mol. The number of nitrogens with two attached hydrogens (primary N) is 1. The third-order valence-corrected chi connectivity index (χ3v) is 4.14. The van der Waals surface area contributed by atoms with Crippen LogP contribution in [-0.4, -0.2) is 18.8 Å². The maximum Gasteiger partial charge on any atom is 0.0828 e. The standard InChI is InChI=1S/C13H27NO/c1-4-11(2)10-12(14)13(15-3)8-6-5-7-9-13/h11-12H,4-10,14H2,1-3H3. The third kappa shape index (κ3) is 3.18. The molecule has 90 valence electrons. The van der Waals surface area contributed by atoms with E-state index in [0.717, 1.165) is 19.3 Å². The highest BCUT2D eigenvalue weighted by atomic mass is 16.5. The molecule has 0 saturated heterocycles. The van der Waals surface area contributed by atoms with Gasteiger partial charge < -0.3 is 10.5 Å². The molecule has 0 aliphatic heterocycles. The molecule has 1 aliphatic carbocycles. The van der Waals surface area contributed by atoms with Crippen LogP contribution in [0.3, 0.4) is 0 Å². The SMILES string of the molecule is CCC(C)CC(N)C1(OC)CCCCC1. The highest BCUT2D eigenvalue weighted by Crippen LogP contribution is 2.35. The molecule has 1 rings (SSSR count). The second kappa shape index (κ2) is 5.86. The molecule has 0 aromatic heterocycles. The second-order valence-electron chi connectivity index (χ2n) is 5.19. The molecule has 0 radical (unpaired) electrons. The first-order valence-corrected chi connectivity index (χ1v) is 6.45. The van der Waals surface area contributed by atoms with Gasteiger partial charge in [-0.2, -0.15) is 0 Å². The average molecular weight is 213 g/mol. The molecule has 2 N–H and O–H groups in total. The summed E-state index contributed by atoms with van der Waals surface area (Å²) in [5.74, 6) is 0.717. The monoisotopic (exact) mass is 213 g/mol. The van der Waals surface area contributed by atoms with E-state index in [-0.39, 0.29) is 11.6 Å². The van der Waals surface area contributed by atoms with Crippen LogP contribution in [0, 0.1) is 5.92 Å². The summed E-state index contributed by atoms with van der Waals surface area (Å²) in [6.45, 7) is 4.52. The summed E-state index contributed by atoms with van der Waals surface area (Å²) >= 11 is 0. The lowest BCUT2D eigenvalue weighted by Crippen LogP contribution is -2.51. The smallest absolute Gasteiger partial charge is 0.0828 e. The van der Waals surface area contributed by atoms with Crippen molar-refractivity contribution >= 4 is 0 Å². The maximum atomic E-state index is 6.35. The van der Waals surface area contributed by atoms with E-state index in [4.69, 9.17) is 10.5 Å². The number of rotatable bonds is 5. The summed E-state index contributed by atoms with van der Waals surface area (Å²) in [5.41, 5.74) is 6.33. The molecule has 2 atom stereocenters. The zero-order chi connectivity index (χ0) is 11.3. The molecule has 2 unspecified atom stereocenters. The topological polar surface area (TPSA) is 35.2 Å². The minimum Gasteiger partial charge on any atom is -0.377 e. The highest BCUT2D eigenvalue weighted by molar-refractivity contribution is 4.94. The molecule has 1 saturated carbocycles. The van der Waals surface area contributed by atoms with Crippen LogP contribution in [0.2, 0.25) is 0 Å². The lowest BCUT2D eigenvalue weighted by atomic mass is 9.76. The van der Waals surface area contributed by atoms with E-state index in [1.54, 1.807) is 0 Å². The van der Waals surface area contributed by atoms with Gasteiger partial charge in [-0.25, -0.2) is 0 Å². The summed E-state index contributed by atoms with van der Waals surface area (Å²) in [6.07, 6.45) is 8.53. The number of ether oxygens (including phenoxy) is 1. The Kier molecular flexibility index (Phi) is 5.07. The van der Waals surface area contributed by atoms with E-state index in [0.29, 0.717) is 5.92 Å². The van der Waals surface area contributed by atoms with Crippen molar-refractivity contribution in [3.05, 3.63) is 0 Å². The van der Waals surface area contributed by atoms with Gasteiger partial charge in [0.2, 0.25) is 0 Å². The van der Waals surface area contributed by atoms with E-state index in [1.807, 2.05) is 7.11 Å². The van der Waals surface area contributed by atoms with Gasteiger partial charge in [0.1, 0.15) is 0 Å². The molecule has 15 heavy (non-hydrogen) atoms. The first kappa shape index (κ1) is 13.0. The summed E-state index contributed by atoms with van der Waals surface area (Å²) in [4.78, 5) is 0. The Bertz CT molecular complexity index is 175. The van der Waals surface area contributed by atoms with Gasteiger partial charge in [0.05, 0.1) is 5.60 Å². The van der Waals surface area contributed by atoms with Gasteiger partial charge in [-0.1, -0.05) is 39.5 Å². The molecular weight excluding hydrogens is 186 g/mol. The maximum absolute atomic E-state index is 6.35. The van der Waals surface area contributed by atoms with Crippen LogP contribution < -0.4 is 5.73 Å². The van der Waals surface area contributed by atoms with E-state index in [9.17, 15) is 0 Å². The lowest BCUT2D eigenvalue weighted by molar-refractivity contribution is -0.0628. The Hall–Kier alpha value is -0.0800. The summed E-state index contributed by atoms with van der Waals surface area (Å²) < 4.78 is 5.76. The van der Waals surface area contributed by atoms with Crippen LogP contribution in [0.5, 0.6) is 0 Å². The molecule has 0 aromatic rings. The van der Waals surface area contributed by atoms with Crippen LogP contribution in [0.25, 0.3) is 0 Å². The van der Waals surface area contributed by atoms with Crippen molar-refractivity contribution in [3.8, 4) is 0 Å². The molecule has 0 heterocycles.